The smallest absolute Gasteiger partial charge is 0.146 e. The fraction of sp³-hybridized carbons (Fsp3) is 0.0952. The van der Waals surface area contributed by atoms with Crippen LogP contribution in [0.1, 0.15) is 11.1 Å². The highest BCUT2D eigenvalue weighted by molar-refractivity contribution is 6.31. The van der Waals surface area contributed by atoms with E-state index in [0.29, 0.717) is 28.3 Å². The Labute approximate surface area is 171 Å². The zero-order chi connectivity index (χ0) is 20.5. The van der Waals surface area contributed by atoms with Gasteiger partial charge < -0.3 is 10.6 Å². The molecule has 0 saturated heterocycles. The van der Waals surface area contributed by atoms with Crippen LogP contribution in [0.4, 0.5) is 21.6 Å². The molecule has 6 nitrogen and oxygen atoms in total. The molecule has 2 aromatic carbocycles. The third-order valence-corrected chi connectivity index (χ3v) is 4.97. The maximum atomic E-state index is 13.6. The molecule has 3 N–H and O–H groups in total. The van der Waals surface area contributed by atoms with Crippen LogP contribution in [0.3, 0.4) is 0 Å². The molecule has 8 heteroatoms. The summed E-state index contributed by atoms with van der Waals surface area (Å²) in [4.78, 5) is 4.62. The van der Waals surface area contributed by atoms with Gasteiger partial charge >= 0.3 is 0 Å². The second-order valence-electron chi connectivity index (χ2n) is 6.46. The first-order valence-corrected chi connectivity index (χ1v) is 9.17. The first kappa shape index (κ1) is 18.7. The number of fused-ring (bicyclic) bond motifs is 1. The van der Waals surface area contributed by atoms with Crippen molar-refractivity contribution in [2.45, 2.75) is 6.92 Å². The number of anilines is 3. The monoisotopic (exact) mass is 406 g/mol. The van der Waals surface area contributed by atoms with E-state index >= 15 is 0 Å². The molecule has 144 valence electrons. The Kier molecular flexibility index (Phi) is 4.79. The number of rotatable bonds is 4. The standard InChI is InChI=1S/C21H16ClFN6/c1-11-3-6-17-19(18(11)12-9-26-27-10-12)20(14(8-24)21(25-2)29-17)28-13-4-5-16(23)15(22)7-13/h3-7,9-10H,1-2H3,(H,26,27)(H2,25,28,29). The molecular weight excluding hydrogens is 391 g/mol. The van der Waals surface area contributed by atoms with Crippen LogP contribution in [-0.2, 0) is 0 Å². The van der Waals surface area contributed by atoms with Gasteiger partial charge in [-0.1, -0.05) is 17.7 Å². The topological polar surface area (TPSA) is 89.4 Å². The lowest BCUT2D eigenvalue weighted by atomic mass is 9.95. The minimum Gasteiger partial charge on any atom is -0.372 e. The van der Waals surface area contributed by atoms with Crippen molar-refractivity contribution in [3.05, 3.63) is 64.7 Å². The molecule has 4 aromatic rings. The lowest BCUT2D eigenvalue weighted by Gasteiger charge is -2.18. The molecule has 0 radical (unpaired) electrons. The predicted octanol–water partition coefficient (Wildman–Crippen LogP) is 5.38. The SMILES string of the molecule is CNc1nc2ccc(C)c(-c3cn[nH]c3)c2c(Nc2ccc(F)c(Cl)c2)c1C#N. The van der Waals surface area contributed by atoms with Crippen LogP contribution >= 0.6 is 11.6 Å². The number of benzene rings is 2. The van der Waals surface area contributed by atoms with Crippen LogP contribution in [0.2, 0.25) is 5.02 Å². The number of nitrogens with one attached hydrogen (secondary N) is 3. The van der Waals surface area contributed by atoms with E-state index in [1.165, 1.54) is 12.1 Å². The minimum atomic E-state index is -0.511. The minimum absolute atomic E-state index is 0.00746. The number of aromatic amines is 1. The van der Waals surface area contributed by atoms with E-state index in [9.17, 15) is 9.65 Å². The molecule has 2 aromatic heterocycles. The maximum Gasteiger partial charge on any atom is 0.146 e. The van der Waals surface area contributed by atoms with E-state index in [1.54, 1.807) is 25.5 Å². The van der Waals surface area contributed by atoms with Gasteiger partial charge in [0.15, 0.2) is 0 Å². The van der Waals surface area contributed by atoms with Crippen LogP contribution in [0, 0.1) is 24.1 Å². The Morgan fingerprint density at radius 2 is 2.07 bits per heavy atom. The van der Waals surface area contributed by atoms with E-state index in [2.05, 4.69) is 31.9 Å². The van der Waals surface area contributed by atoms with E-state index in [4.69, 9.17) is 11.6 Å². The molecule has 0 unspecified atom stereocenters. The van der Waals surface area contributed by atoms with Gasteiger partial charge in [0.1, 0.15) is 23.3 Å². The molecule has 0 aliphatic carbocycles. The largest absolute Gasteiger partial charge is 0.372 e. The summed E-state index contributed by atoms with van der Waals surface area (Å²) in [6.45, 7) is 1.98. The Morgan fingerprint density at radius 3 is 2.72 bits per heavy atom. The van der Waals surface area contributed by atoms with E-state index in [0.717, 1.165) is 22.1 Å². The third kappa shape index (κ3) is 3.24. The van der Waals surface area contributed by atoms with Gasteiger partial charge in [0.25, 0.3) is 0 Å². The third-order valence-electron chi connectivity index (χ3n) is 4.69. The lowest BCUT2D eigenvalue weighted by Crippen LogP contribution is -2.04. The summed E-state index contributed by atoms with van der Waals surface area (Å²) in [5, 5.41) is 23.8. The van der Waals surface area contributed by atoms with Crippen LogP contribution in [0.25, 0.3) is 22.0 Å². The molecule has 0 amide bonds. The number of pyridine rings is 1. The first-order chi connectivity index (χ1) is 14.0. The Balaban J connectivity index is 2.07. The predicted molar refractivity (Wildman–Crippen MR) is 113 cm³/mol. The summed E-state index contributed by atoms with van der Waals surface area (Å²) in [6.07, 6.45) is 3.51. The van der Waals surface area contributed by atoms with Gasteiger partial charge in [-0.25, -0.2) is 9.37 Å². The van der Waals surface area contributed by atoms with Crippen molar-refractivity contribution in [3.8, 4) is 17.2 Å². The second-order valence-corrected chi connectivity index (χ2v) is 6.87. The van der Waals surface area contributed by atoms with Gasteiger partial charge in [-0.15, -0.1) is 0 Å². The number of nitriles is 1. The summed E-state index contributed by atoms with van der Waals surface area (Å²) < 4.78 is 13.6. The van der Waals surface area contributed by atoms with Crippen LogP contribution in [0.5, 0.6) is 0 Å². The highest BCUT2D eigenvalue weighted by Crippen LogP contribution is 2.40. The summed E-state index contributed by atoms with van der Waals surface area (Å²) >= 11 is 5.95. The zero-order valence-electron chi connectivity index (χ0n) is 15.6. The number of halogens is 2. The number of hydrogen-bond donors (Lipinski definition) is 3. The Hall–Kier alpha value is -3.63. The number of aromatic nitrogens is 3. The molecule has 0 spiro atoms. The van der Waals surface area contributed by atoms with Crippen molar-refractivity contribution in [1.82, 2.24) is 15.2 Å². The van der Waals surface area contributed by atoms with E-state index < -0.39 is 5.82 Å². The van der Waals surface area contributed by atoms with Crippen molar-refractivity contribution in [2.24, 2.45) is 0 Å². The average molecular weight is 407 g/mol. The number of aryl methyl sites for hydroxylation is 1. The molecule has 4 rings (SSSR count). The highest BCUT2D eigenvalue weighted by atomic mass is 35.5. The maximum absolute atomic E-state index is 13.6. The van der Waals surface area contributed by atoms with Crippen molar-refractivity contribution in [1.29, 1.82) is 5.26 Å². The number of nitrogens with zero attached hydrogens (tertiary/aromatic N) is 3. The molecule has 0 aliphatic heterocycles. The van der Waals surface area contributed by atoms with Crippen molar-refractivity contribution >= 4 is 39.7 Å². The summed E-state index contributed by atoms with van der Waals surface area (Å²) in [5.74, 6) is -0.0686. The quantitative estimate of drug-likeness (QED) is 0.423. The fourth-order valence-electron chi connectivity index (χ4n) is 3.35. The molecule has 0 fully saturated rings. The molecule has 2 heterocycles. The summed E-state index contributed by atoms with van der Waals surface area (Å²) in [5.41, 5.74) is 4.94. The van der Waals surface area contributed by atoms with Crippen molar-refractivity contribution in [2.75, 3.05) is 17.7 Å². The Bertz CT molecular complexity index is 1260. The van der Waals surface area contributed by atoms with Gasteiger partial charge in [-0.2, -0.15) is 10.4 Å². The van der Waals surface area contributed by atoms with Crippen LogP contribution in [-0.4, -0.2) is 22.2 Å². The van der Waals surface area contributed by atoms with Crippen molar-refractivity contribution in [3.63, 3.8) is 0 Å². The summed E-state index contributed by atoms with van der Waals surface area (Å²) in [6, 6.07) is 10.4. The molecule has 0 aliphatic rings. The normalized spacial score (nSPS) is 10.7. The van der Waals surface area contributed by atoms with E-state index in [-0.39, 0.29) is 5.02 Å². The number of hydrogen-bond acceptors (Lipinski definition) is 5. The van der Waals surface area contributed by atoms with Gasteiger partial charge in [0.2, 0.25) is 0 Å². The lowest BCUT2D eigenvalue weighted by molar-refractivity contribution is 0.628. The van der Waals surface area contributed by atoms with Crippen LogP contribution < -0.4 is 10.6 Å². The molecule has 0 atom stereocenters. The van der Waals surface area contributed by atoms with Gasteiger partial charge in [-0.05, 0) is 42.3 Å². The van der Waals surface area contributed by atoms with Crippen LogP contribution in [0.15, 0.2) is 42.7 Å². The number of H-pyrrole nitrogens is 1. The van der Waals surface area contributed by atoms with Gasteiger partial charge in [-0.3, -0.25) is 5.10 Å². The van der Waals surface area contributed by atoms with Gasteiger partial charge in [0.05, 0.1) is 22.4 Å². The second kappa shape index (κ2) is 7.41. The van der Waals surface area contributed by atoms with Gasteiger partial charge in [0, 0.05) is 29.9 Å². The fourth-order valence-corrected chi connectivity index (χ4v) is 3.53. The molecule has 0 bridgehead atoms. The Morgan fingerprint density at radius 1 is 1.24 bits per heavy atom. The highest BCUT2D eigenvalue weighted by Gasteiger charge is 2.20. The summed E-state index contributed by atoms with van der Waals surface area (Å²) in [7, 11) is 1.71. The first-order valence-electron chi connectivity index (χ1n) is 8.80. The zero-order valence-corrected chi connectivity index (χ0v) is 16.4. The molecular formula is C21H16ClFN6. The molecule has 0 saturated carbocycles. The van der Waals surface area contributed by atoms with Crippen molar-refractivity contribution < 1.29 is 4.39 Å². The average Bonchev–Trinajstić information content (AvgIpc) is 3.24. The molecule has 29 heavy (non-hydrogen) atoms. The van der Waals surface area contributed by atoms with E-state index in [1.807, 2.05) is 19.1 Å².